The molecule has 0 spiro atoms. The van der Waals surface area contributed by atoms with Gasteiger partial charge in [-0.3, -0.25) is 0 Å². The zero-order valence-electron chi connectivity index (χ0n) is 3.47. The summed E-state index contributed by atoms with van der Waals surface area (Å²) in [6.07, 6.45) is 0. The van der Waals surface area contributed by atoms with E-state index in [1.807, 2.05) is 0 Å². The van der Waals surface area contributed by atoms with Gasteiger partial charge in [-0.15, -0.1) is 0 Å². The van der Waals surface area contributed by atoms with Crippen LogP contribution in [-0.4, -0.2) is 79.7 Å². The van der Waals surface area contributed by atoms with Crippen molar-refractivity contribution < 1.29 is 36.5 Å². The molecule has 0 aromatic rings. The third-order valence-electron chi connectivity index (χ3n) is 0. The minimum atomic E-state index is 0. The van der Waals surface area contributed by atoms with Crippen LogP contribution in [0.4, 0.5) is 0 Å². The van der Waals surface area contributed by atoms with Gasteiger partial charge in [-0.2, -0.15) is 0 Å². The summed E-state index contributed by atoms with van der Waals surface area (Å²) in [5.74, 6) is 0. The molecule has 0 atom stereocenters. The van der Waals surface area contributed by atoms with Crippen LogP contribution in [0, 0.1) is 0 Å². The van der Waals surface area contributed by atoms with Crippen molar-refractivity contribution in [3.8, 4) is 0 Å². The summed E-state index contributed by atoms with van der Waals surface area (Å²) in [5, 5.41) is 0. The fourth-order valence-corrected chi connectivity index (χ4v) is 0. The van der Waals surface area contributed by atoms with Crippen molar-refractivity contribution in [2.45, 2.75) is 0 Å². The molecule has 0 saturated carbocycles. The second kappa shape index (κ2) is 25.1. The van der Waals surface area contributed by atoms with Gasteiger partial charge >= 0.3 is 0 Å². The van der Waals surface area contributed by atoms with E-state index in [-0.39, 0.29) is 116 Å². The Balaban J connectivity index is 0. The van der Waals surface area contributed by atoms with Gasteiger partial charge < -0.3 is 0 Å². The molecule has 0 amide bonds. The summed E-state index contributed by atoms with van der Waals surface area (Å²) in [4.78, 5) is 0. The third-order valence-corrected chi connectivity index (χ3v) is 0. The van der Waals surface area contributed by atoms with Crippen LogP contribution >= 0.6 is 0 Å². The van der Waals surface area contributed by atoms with Crippen molar-refractivity contribution in [3.05, 3.63) is 0 Å². The molecule has 0 fully saturated rings. The van der Waals surface area contributed by atoms with Gasteiger partial charge in [0.25, 0.3) is 0 Å². The van der Waals surface area contributed by atoms with Gasteiger partial charge in [0.05, 0.1) is 0 Å². The number of rotatable bonds is 0. The van der Waals surface area contributed by atoms with Crippen LogP contribution in [-0.2, 0) is 36.5 Å². The molecule has 0 nitrogen and oxygen atoms in total. The van der Waals surface area contributed by atoms with Crippen LogP contribution < -0.4 is 0 Å². The van der Waals surface area contributed by atoms with Gasteiger partial charge in [0, 0.05) is 116 Å². The van der Waals surface area contributed by atoms with Crippen molar-refractivity contribution in [2.75, 3.05) is 0 Å². The SMILES string of the molecule is [Ca].[Fe].[Li].[Mg].[Zn]. The largest absolute Gasteiger partial charge is 0 e. The molecule has 0 rings (SSSR count). The summed E-state index contributed by atoms with van der Waals surface area (Å²) < 4.78 is 0. The maximum absolute atomic E-state index is 0. The topological polar surface area (TPSA) is 0 Å². The van der Waals surface area contributed by atoms with Gasteiger partial charge in [-0.05, 0) is 0 Å². The summed E-state index contributed by atoms with van der Waals surface area (Å²) >= 11 is 0. The van der Waals surface area contributed by atoms with E-state index in [1.54, 1.807) is 0 Å². The van der Waals surface area contributed by atoms with Gasteiger partial charge in [-0.25, -0.2) is 0 Å². The summed E-state index contributed by atoms with van der Waals surface area (Å²) in [6, 6.07) is 0. The van der Waals surface area contributed by atoms with Crippen LogP contribution in [0.3, 0.4) is 0 Å². The quantitative estimate of drug-likeness (QED) is 0.426. The van der Waals surface area contributed by atoms with Crippen LogP contribution in [0.15, 0.2) is 0 Å². The zero-order valence-corrected chi connectivity index (χ0v) is 11.2. The average Bonchev–Trinajstić information content (AvgIpc) is 0. The Morgan fingerprint density at radius 2 is 1.00 bits per heavy atom. The van der Waals surface area contributed by atoms with Gasteiger partial charge in [0.1, 0.15) is 0 Å². The van der Waals surface area contributed by atoms with E-state index >= 15 is 0 Å². The molecule has 0 aliphatic heterocycles. The zero-order chi connectivity index (χ0) is 0. The van der Waals surface area contributed by atoms with E-state index < -0.39 is 0 Å². The first-order chi connectivity index (χ1) is 0. The Hall–Kier alpha value is 3.77. The van der Waals surface area contributed by atoms with Crippen LogP contribution in [0.5, 0.6) is 0 Å². The Labute approximate surface area is 114 Å². The molecular weight excluding hydrogens is 193 g/mol. The van der Waals surface area contributed by atoms with Crippen LogP contribution in [0.2, 0.25) is 0 Å². The third kappa shape index (κ3) is 18.2. The van der Waals surface area contributed by atoms with E-state index in [0.29, 0.717) is 0 Å². The average molecular weight is 193 g/mol. The molecule has 5 heteroatoms. The predicted molar refractivity (Wildman–Crippen MR) is 17.3 cm³/mol. The molecule has 0 aromatic heterocycles. The van der Waals surface area contributed by atoms with E-state index in [4.69, 9.17) is 0 Å². The second-order valence-corrected chi connectivity index (χ2v) is 0. The molecule has 0 bridgehead atoms. The molecule has 0 aliphatic rings. The Morgan fingerprint density at radius 3 is 1.00 bits per heavy atom. The van der Waals surface area contributed by atoms with Crippen molar-refractivity contribution in [1.29, 1.82) is 0 Å². The van der Waals surface area contributed by atoms with Gasteiger partial charge in [0.15, 0.2) is 0 Å². The van der Waals surface area contributed by atoms with Gasteiger partial charge in [-0.1, -0.05) is 0 Å². The van der Waals surface area contributed by atoms with E-state index in [0.717, 1.165) is 0 Å². The number of hydrogen-bond acceptors (Lipinski definition) is 0. The molecule has 15 valence electrons. The molecule has 0 aromatic carbocycles. The second-order valence-electron chi connectivity index (χ2n) is 0. The summed E-state index contributed by atoms with van der Waals surface area (Å²) in [5.41, 5.74) is 0. The molecular formula is CaFeLiMgZn. The van der Waals surface area contributed by atoms with Gasteiger partial charge in [0.2, 0.25) is 0 Å². The Kier molecular flexibility index (Phi) is 187. The van der Waals surface area contributed by atoms with Crippen molar-refractivity contribution in [2.24, 2.45) is 0 Å². The van der Waals surface area contributed by atoms with Crippen molar-refractivity contribution in [1.82, 2.24) is 0 Å². The standard InChI is InChI=1S/Ca.Fe.Li.Mg.Zn. The molecule has 0 unspecified atom stereocenters. The van der Waals surface area contributed by atoms with E-state index in [1.165, 1.54) is 0 Å². The normalized spacial score (nSPS) is 0. The van der Waals surface area contributed by atoms with Crippen molar-refractivity contribution in [3.63, 3.8) is 0 Å². The van der Waals surface area contributed by atoms with Crippen LogP contribution in [0.1, 0.15) is 0 Å². The number of hydrogen-bond donors (Lipinski definition) is 0. The fourth-order valence-electron chi connectivity index (χ4n) is 0. The first-order valence-corrected chi connectivity index (χ1v) is 0. The van der Waals surface area contributed by atoms with E-state index in [2.05, 4.69) is 0 Å². The molecule has 5 radical (unpaired) electrons. The maximum Gasteiger partial charge on any atom is 0 e. The Bertz CT molecular complexity index is 11.6. The van der Waals surface area contributed by atoms with Crippen molar-refractivity contribution >= 4 is 79.7 Å². The monoisotopic (exact) mass is 191 g/mol. The molecule has 0 saturated heterocycles. The smallest absolute Gasteiger partial charge is 0 e. The summed E-state index contributed by atoms with van der Waals surface area (Å²) in [7, 11) is 0. The molecule has 0 aliphatic carbocycles. The predicted octanol–water partition coefficient (Wildman–Crippen LogP) is -1.15. The fraction of sp³-hybridized carbons (Fsp3) is 0. The summed E-state index contributed by atoms with van der Waals surface area (Å²) in [6.45, 7) is 0. The molecule has 0 N–H and O–H groups in total. The minimum absolute atomic E-state index is 0. The minimum Gasteiger partial charge on any atom is 0 e. The first-order valence-electron chi connectivity index (χ1n) is 0. The molecule has 0 heterocycles. The Morgan fingerprint density at radius 1 is 1.00 bits per heavy atom. The molecule has 5 heavy (non-hydrogen) atoms. The van der Waals surface area contributed by atoms with Crippen LogP contribution in [0.25, 0.3) is 0 Å². The first kappa shape index (κ1) is 37.3. The van der Waals surface area contributed by atoms with E-state index in [9.17, 15) is 0 Å². The maximum atomic E-state index is 0.